The van der Waals surface area contributed by atoms with Gasteiger partial charge in [0.1, 0.15) is 6.26 Å². The first kappa shape index (κ1) is 15.6. The summed E-state index contributed by atoms with van der Waals surface area (Å²) in [4.78, 5) is 20.5. The van der Waals surface area contributed by atoms with Gasteiger partial charge in [-0.25, -0.2) is 4.98 Å². The van der Waals surface area contributed by atoms with Crippen molar-refractivity contribution < 1.29 is 9.21 Å². The number of para-hydroxylation sites is 1. The van der Waals surface area contributed by atoms with Crippen LogP contribution in [0, 0.1) is 5.92 Å². The van der Waals surface area contributed by atoms with Crippen LogP contribution in [0.15, 0.2) is 41.0 Å². The van der Waals surface area contributed by atoms with Crippen LogP contribution >= 0.6 is 0 Å². The summed E-state index contributed by atoms with van der Waals surface area (Å²) >= 11 is 0. The van der Waals surface area contributed by atoms with Crippen LogP contribution in [0.1, 0.15) is 22.8 Å². The fourth-order valence-corrected chi connectivity index (χ4v) is 3.02. The number of carbonyl (C=O) groups excluding carboxylic acids is 1. The van der Waals surface area contributed by atoms with Crippen LogP contribution in [0.2, 0.25) is 0 Å². The number of nitrogens with zero attached hydrogens (tertiary/aromatic N) is 3. The summed E-state index contributed by atoms with van der Waals surface area (Å²) in [5, 5.41) is 0. The molecule has 3 rings (SSSR count). The summed E-state index contributed by atoms with van der Waals surface area (Å²) in [5.41, 5.74) is 7.02. The summed E-state index contributed by atoms with van der Waals surface area (Å²) in [7, 11) is 1.81. The van der Waals surface area contributed by atoms with Crippen molar-refractivity contribution in [1.29, 1.82) is 0 Å². The Morgan fingerprint density at radius 1 is 1.43 bits per heavy atom. The molecule has 6 nitrogen and oxygen atoms in total. The molecule has 1 unspecified atom stereocenters. The average Bonchev–Trinajstić information content (AvgIpc) is 3.24. The fraction of sp³-hybridized carbons (Fsp3) is 0.412. The number of rotatable bonds is 5. The van der Waals surface area contributed by atoms with Gasteiger partial charge in [0.15, 0.2) is 5.69 Å². The van der Waals surface area contributed by atoms with Crippen LogP contribution in [0.3, 0.4) is 0 Å². The highest BCUT2D eigenvalue weighted by molar-refractivity contribution is 5.91. The predicted molar refractivity (Wildman–Crippen MR) is 88.1 cm³/mol. The first-order chi connectivity index (χ1) is 11.2. The highest BCUT2D eigenvalue weighted by atomic mass is 16.3. The van der Waals surface area contributed by atoms with Crippen molar-refractivity contribution in [2.75, 3.05) is 31.6 Å². The third kappa shape index (κ3) is 3.53. The molecule has 6 heteroatoms. The molecule has 2 N–H and O–H groups in total. The van der Waals surface area contributed by atoms with Gasteiger partial charge in [0, 0.05) is 32.4 Å². The highest BCUT2D eigenvalue weighted by Gasteiger charge is 2.26. The zero-order valence-electron chi connectivity index (χ0n) is 13.3. The zero-order chi connectivity index (χ0) is 16.2. The van der Waals surface area contributed by atoms with Crippen molar-refractivity contribution in [1.82, 2.24) is 9.88 Å². The van der Waals surface area contributed by atoms with E-state index in [9.17, 15) is 4.79 Å². The molecule has 0 aliphatic carbocycles. The largest absolute Gasteiger partial charge is 0.447 e. The van der Waals surface area contributed by atoms with Crippen LogP contribution in [-0.4, -0.2) is 42.5 Å². The van der Waals surface area contributed by atoms with E-state index in [1.54, 1.807) is 4.90 Å². The molecule has 0 radical (unpaired) electrons. The topological polar surface area (TPSA) is 75.6 Å². The van der Waals surface area contributed by atoms with Crippen molar-refractivity contribution >= 4 is 11.6 Å². The van der Waals surface area contributed by atoms with E-state index in [2.05, 4.69) is 34.1 Å². The summed E-state index contributed by atoms with van der Waals surface area (Å²) in [6.07, 6.45) is 2.46. The number of amides is 1. The number of aromatic nitrogens is 1. The maximum absolute atomic E-state index is 12.4. The summed E-state index contributed by atoms with van der Waals surface area (Å²) in [5.74, 6) is 0.731. The van der Waals surface area contributed by atoms with Gasteiger partial charge in [0.05, 0.1) is 6.54 Å². The Labute approximate surface area is 135 Å². The van der Waals surface area contributed by atoms with Crippen LogP contribution in [0.4, 0.5) is 5.69 Å². The molecule has 1 fully saturated rings. The molecule has 23 heavy (non-hydrogen) atoms. The standard InChI is InChI=1S/C17H22N4O2/c1-20(17(22)15-12-23-16(9-18)19-15)10-13-7-8-21(11-13)14-5-3-2-4-6-14/h2-6,12-13H,7-11,18H2,1H3. The average molecular weight is 314 g/mol. The molecular formula is C17H22N4O2. The molecule has 0 bridgehead atoms. The van der Waals surface area contributed by atoms with Crippen LogP contribution in [0.25, 0.3) is 0 Å². The number of nitrogens with two attached hydrogens (primary N) is 1. The second-order valence-corrected chi connectivity index (χ2v) is 5.95. The molecule has 2 aromatic rings. The lowest BCUT2D eigenvalue weighted by atomic mass is 10.1. The smallest absolute Gasteiger partial charge is 0.275 e. The van der Waals surface area contributed by atoms with Gasteiger partial charge < -0.3 is 20.0 Å². The molecule has 2 heterocycles. The third-order valence-electron chi connectivity index (χ3n) is 4.23. The predicted octanol–water partition coefficient (Wildman–Crippen LogP) is 1.73. The van der Waals surface area contributed by atoms with Gasteiger partial charge in [-0.2, -0.15) is 0 Å². The molecule has 1 amide bonds. The SMILES string of the molecule is CN(CC1CCN(c2ccccc2)C1)C(=O)c1coc(CN)n1. The molecular weight excluding hydrogens is 292 g/mol. The van der Waals surface area contributed by atoms with Gasteiger partial charge >= 0.3 is 0 Å². The summed E-state index contributed by atoms with van der Waals surface area (Å²) in [6.45, 7) is 2.91. The Morgan fingerprint density at radius 2 is 2.22 bits per heavy atom. The van der Waals surface area contributed by atoms with Gasteiger partial charge in [-0.3, -0.25) is 4.79 Å². The van der Waals surface area contributed by atoms with Crippen LogP contribution in [-0.2, 0) is 6.54 Å². The maximum Gasteiger partial charge on any atom is 0.275 e. The second-order valence-electron chi connectivity index (χ2n) is 5.95. The maximum atomic E-state index is 12.4. The van der Waals surface area contributed by atoms with E-state index in [-0.39, 0.29) is 12.5 Å². The second kappa shape index (κ2) is 6.83. The van der Waals surface area contributed by atoms with Crippen molar-refractivity contribution in [2.24, 2.45) is 11.7 Å². The zero-order valence-corrected chi connectivity index (χ0v) is 13.3. The molecule has 1 aromatic carbocycles. The molecule has 1 atom stereocenters. The molecule has 0 saturated carbocycles. The number of oxazole rings is 1. The highest BCUT2D eigenvalue weighted by Crippen LogP contribution is 2.24. The Hall–Kier alpha value is -2.34. The van der Waals surface area contributed by atoms with Crippen LogP contribution < -0.4 is 10.6 Å². The fourth-order valence-electron chi connectivity index (χ4n) is 3.02. The number of carbonyl (C=O) groups is 1. The van der Waals surface area contributed by atoms with E-state index in [0.29, 0.717) is 24.0 Å². The number of hydrogen-bond acceptors (Lipinski definition) is 5. The van der Waals surface area contributed by atoms with Gasteiger partial charge in [-0.05, 0) is 24.5 Å². The minimum atomic E-state index is -0.119. The molecule has 1 saturated heterocycles. The van der Waals surface area contributed by atoms with E-state index < -0.39 is 0 Å². The van der Waals surface area contributed by atoms with Crippen molar-refractivity contribution in [3.63, 3.8) is 0 Å². The molecule has 122 valence electrons. The third-order valence-corrected chi connectivity index (χ3v) is 4.23. The number of hydrogen-bond donors (Lipinski definition) is 1. The summed E-state index contributed by atoms with van der Waals surface area (Å²) in [6, 6.07) is 10.4. The lowest BCUT2D eigenvalue weighted by molar-refractivity contribution is 0.0770. The van der Waals surface area contributed by atoms with Crippen molar-refractivity contribution in [2.45, 2.75) is 13.0 Å². The monoisotopic (exact) mass is 314 g/mol. The molecule has 1 aliphatic rings. The van der Waals surface area contributed by atoms with E-state index in [0.717, 1.165) is 19.5 Å². The van der Waals surface area contributed by atoms with Gasteiger partial charge in [0.2, 0.25) is 5.89 Å². The lowest BCUT2D eigenvalue weighted by Crippen LogP contribution is -2.33. The number of benzene rings is 1. The lowest BCUT2D eigenvalue weighted by Gasteiger charge is -2.22. The Bertz CT molecular complexity index is 656. The molecule has 1 aromatic heterocycles. The Morgan fingerprint density at radius 3 is 2.91 bits per heavy atom. The van der Waals surface area contributed by atoms with E-state index in [4.69, 9.17) is 10.2 Å². The normalized spacial score (nSPS) is 17.5. The van der Waals surface area contributed by atoms with E-state index in [1.807, 2.05) is 13.1 Å². The van der Waals surface area contributed by atoms with Crippen molar-refractivity contribution in [3.05, 3.63) is 48.2 Å². The Kier molecular flexibility index (Phi) is 4.62. The molecule has 1 aliphatic heterocycles. The van der Waals surface area contributed by atoms with Gasteiger partial charge in [-0.1, -0.05) is 18.2 Å². The number of anilines is 1. The van der Waals surface area contributed by atoms with Crippen molar-refractivity contribution in [3.8, 4) is 0 Å². The minimum Gasteiger partial charge on any atom is -0.447 e. The van der Waals surface area contributed by atoms with Gasteiger partial charge in [0.25, 0.3) is 5.91 Å². The minimum absolute atomic E-state index is 0.119. The molecule has 0 spiro atoms. The van der Waals surface area contributed by atoms with E-state index in [1.165, 1.54) is 12.0 Å². The van der Waals surface area contributed by atoms with Crippen LogP contribution in [0.5, 0.6) is 0 Å². The first-order valence-corrected chi connectivity index (χ1v) is 7.87. The summed E-state index contributed by atoms with van der Waals surface area (Å²) < 4.78 is 5.14. The first-order valence-electron chi connectivity index (χ1n) is 7.87. The van der Waals surface area contributed by atoms with Gasteiger partial charge in [-0.15, -0.1) is 0 Å². The quantitative estimate of drug-likeness (QED) is 0.909. The van der Waals surface area contributed by atoms with E-state index >= 15 is 0 Å². The Balaban J connectivity index is 1.56.